The number of benzene rings is 4. The average molecular weight is 642 g/mol. The van der Waals surface area contributed by atoms with Gasteiger partial charge in [-0.25, -0.2) is 0 Å². The molecule has 0 bridgehead atoms. The molecule has 3 atom stereocenters. The number of carbonyl (C=O) groups excluding carboxylic acids is 4. The van der Waals surface area contributed by atoms with E-state index in [9.17, 15) is 19.2 Å². The lowest BCUT2D eigenvalue weighted by atomic mass is 9.90. The maximum atomic E-state index is 14.5. The average Bonchev–Trinajstić information content (AvgIpc) is 3.80. The number of carbonyl (C=O) groups is 4. The first-order valence-corrected chi connectivity index (χ1v) is 16.8. The second kappa shape index (κ2) is 13.0. The number of rotatable bonds is 8. The van der Waals surface area contributed by atoms with E-state index >= 15 is 0 Å². The number of likely N-dealkylation sites (tertiary alicyclic amines) is 2. The van der Waals surface area contributed by atoms with Crippen molar-refractivity contribution in [1.82, 2.24) is 15.1 Å². The van der Waals surface area contributed by atoms with Gasteiger partial charge in [0.05, 0.1) is 24.1 Å². The summed E-state index contributed by atoms with van der Waals surface area (Å²) in [6.07, 6.45) is 0.770. The first-order valence-electron chi connectivity index (χ1n) is 16.0. The van der Waals surface area contributed by atoms with E-state index in [-0.39, 0.29) is 36.5 Å². The third-order valence-corrected chi connectivity index (χ3v) is 10.3. The van der Waals surface area contributed by atoms with Crippen LogP contribution in [-0.4, -0.2) is 64.5 Å². The van der Waals surface area contributed by atoms with Crippen LogP contribution in [0.3, 0.4) is 0 Å². The number of fused-ring (bicyclic) bond motifs is 2. The summed E-state index contributed by atoms with van der Waals surface area (Å²) in [7, 11) is 0. The Hall–Kier alpha value is -5.08. The summed E-state index contributed by atoms with van der Waals surface area (Å²) in [6.45, 7) is 2.28. The molecule has 2 fully saturated rings. The molecule has 236 valence electrons. The van der Waals surface area contributed by atoms with Crippen molar-refractivity contribution >= 4 is 44.9 Å². The van der Waals surface area contributed by atoms with Crippen LogP contribution in [0.2, 0.25) is 0 Å². The minimum absolute atomic E-state index is 0.0406. The molecular formula is C39H35N3O4S. The molecule has 0 saturated carbocycles. The van der Waals surface area contributed by atoms with Gasteiger partial charge in [0.15, 0.2) is 5.78 Å². The fourth-order valence-electron chi connectivity index (χ4n) is 7.15. The Kier molecular flexibility index (Phi) is 8.43. The summed E-state index contributed by atoms with van der Waals surface area (Å²) >= 11 is 1.51. The van der Waals surface area contributed by atoms with E-state index in [0.717, 1.165) is 32.3 Å². The fourth-order valence-corrected chi connectivity index (χ4v) is 8.09. The zero-order valence-corrected chi connectivity index (χ0v) is 26.9. The molecule has 3 heterocycles. The van der Waals surface area contributed by atoms with E-state index in [2.05, 4.69) is 5.32 Å². The molecule has 7 nitrogen and oxygen atoms in total. The summed E-state index contributed by atoms with van der Waals surface area (Å²) in [4.78, 5) is 59.3. The molecule has 5 aromatic rings. The van der Waals surface area contributed by atoms with Crippen LogP contribution < -0.4 is 5.32 Å². The number of aryl methyl sites for hydroxylation is 1. The van der Waals surface area contributed by atoms with E-state index in [1.165, 1.54) is 11.3 Å². The molecular weight excluding hydrogens is 607 g/mol. The number of Topliss-reactive ketones (excluding diaryl/α,β-unsaturated/α-hetero) is 1. The summed E-state index contributed by atoms with van der Waals surface area (Å²) in [5.74, 6) is -1.56. The van der Waals surface area contributed by atoms with Crippen LogP contribution >= 0.6 is 11.3 Å². The highest BCUT2D eigenvalue weighted by Gasteiger charge is 2.52. The van der Waals surface area contributed by atoms with Crippen molar-refractivity contribution in [2.75, 3.05) is 13.1 Å². The van der Waals surface area contributed by atoms with Crippen molar-refractivity contribution in [3.63, 3.8) is 0 Å². The van der Waals surface area contributed by atoms with Gasteiger partial charge in [-0.3, -0.25) is 19.2 Å². The maximum absolute atomic E-state index is 14.5. The van der Waals surface area contributed by atoms with Crippen LogP contribution in [0.25, 0.3) is 10.1 Å². The van der Waals surface area contributed by atoms with Crippen LogP contribution in [-0.2, 0) is 20.8 Å². The summed E-state index contributed by atoms with van der Waals surface area (Å²) < 4.78 is 1.01. The summed E-state index contributed by atoms with van der Waals surface area (Å²) in [5.41, 5.74) is 4.19. The largest absolute Gasteiger partial charge is 0.343 e. The van der Waals surface area contributed by atoms with Crippen molar-refractivity contribution in [2.24, 2.45) is 0 Å². The number of nitrogens with one attached hydrogen (secondary N) is 1. The van der Waals surface area contributed by atoms with Gasteiger partial charge in [0, 0.05) is 28.4 Å². The highest BCUT2D eigenvalue weighted by molar-refractivity contribution is 7.17. The van der Waals surface area contributed by atoms with Gasteiger partial charge in [0.25, 0.3) is 5.91 Å². The molecule has 2 saturated heterocycles. The van der Waals surface area contributed by atoms with Crippen LogP contribution in [0, 0.1) is 6.92 Å². The maximum Gasteiger partial charge on any atom is 0.256 e. The molecule has 1 unspecified atom stereocenters. The number of thiophene rings is 1. The lowest BCUT2D eigenvalue weighted by Gasteiger charge is -2.29. The van der Waals surface area contributed by atoms with Crippen molar-refractivity contribution in [3.8, 4) is 0 Å². The van der Waals surface area contributed by atoms with Gasteiger partial charge in [-0.2, -0.15) is 0 Å². The number of hydrogen-bond donors (Lipinski definition) is 1. The van der Waals surface area contributed by atoms with Crippen molar-refractivity contribution in [3.05, 3.63) is 142 Å². The second-order valence-corrected chi connectivity index (χ2v) is 13.3. The summed E-state index contributed by atoms with van der Waals surface area (Å²) in [5, 5.41) is 5.83. The van der Waals surface area contributed by atoms with Crippen LogP contribution in [0.1, 0.15) is 45.0 Å². The molecule has 1 N–H and O–H groups in total. The molecule has 1 aromatic heterocycles. The molecule has 47 heavy (non-hydrogen) atoms. The van der Waals surface area contributed by atoms with Crippen molar-refractivity contribution < 1.29 is 19.2 Å². The van der Waals surface area contributed by atoms with E-state index in [0.29, 0.717) is 18.5 Å². The van der Waals surface area contributed by atoms with Gasteiger partial charge in [0.2, 0.25) is 11.8 Å². The first-order chi connectivity index (χ1) is 22.9. The van der Waals surface area contributed by atoms with Gasteiger partial charge < -0.3 is 15.1 Å². The highest BCUT2D eigenvalue weighted by atomic mass is 32.1. The Morgan fingerprint density at radius 3 is 2.23 bits per heavy atom. The van der Waals surface area contributed by atoms with Crippen molar-refractivity contribution in [1.29, 1.82) is 0 Å². The van der Waals surface area contributed by atoms with E-state index in [4.69, 9.17) is 0 Å². The standard InChI is InChI=1S/C39H35N3O4S/c1-25-11-10-12-26(21-25)22-31(40-37(44)35(27-13-4-2-5-14-27)28-15-6-3-7-16-28)39(46)41-20-19-32-36(41)33(43)23-42(32)38(45)30-24-47-34-18-9-8-17-29(30)34/h2-18,21,24,31-32,35-36H,19-20,22-23H2,1H3,(H,40,44)/t31-,32?,36-/m0/s1. The molecule has 2 aliphatic rings. The Morgan fingerprint density at radius 2 is 1.53 bits per heavy atom. The Morgan fingerprint density at radius 1 is 0.851 bits per heavy atom. The third-order valence-electron chi connectivity index (χ3n) is 9.34. The van der Waals surface area contributed by atoms with E-state index in [1.807, 2.05) is 121 Å². The molecule has 0 spiro atoms. The predicted octanol–water partition coefficient (Wildman–Crippen LogP) is 5.76. The topological polar surface area (TPSA) is 86.8 Å². The number of hydrogen-bond acceptors (Lipinski definition) is 5. The number of amides is 3. The zero-order valence-electron chi connectivity index (χ0n) is 26.0. The minimum Gasteiger partial charge on any atom is -0.343 e. The van der Waals surface area contributed by atoms with Gasteiger partial charge in [-0.15, -0.1) is 11.3 Å². The monoisotopic (exact) mass is 641 g/mol. The zero-order chi connectivity index (χ0) is 32.5. The smallest absolute Gasteiger partial charge is 0.256 e. The SMILES string of the molecule is Cc1cccc(C[C@H](NC(=O)C(c2ccccc2)c2ccccc2)C(=O)N2CCC3[C@H]2C(=O)CN3C(=O)c2csc3ccccc23)c1. The Bertz CT molecular complexity index is 1920. The van der Waals surface area contributed by atoms with Gasteiger partial charge in [0.1, 0.15) is 12.1 Å². The molecule has 8 heteroatoms. The first kappa shape index (κ1) is 30.6. The van der Waals surface area contributed by atoms with E-state index in [1.54, 1.807) is 9.80 Å². The van der Waals surface area contributed by atoms with Crippen LogP contribution in [0.15, 0.2) is 115 Å². The lowest BCUT2D eigenvalue weighted by molar-refractivity contribution is -0.140. The second-order valence-electron chi connectivity index (χ2n) is 12.4. The highest BCUT2D eigenvalue weighted by Crippen LogP contribution is 2.34. The molecule has 2 aliphatic heterocycles. The summed E-state index contributed by atoms with van der Waals surface area (Å²) in [6, 6.07) is 32.7. The molecule has 3 amide bonds. The Labute approximate surface area is 277 Å². The molecule has 4 aromatic carbocycles. The van der Waals surface area contributed by atoms with E-state index < -0.39 is 24.0 Å². The minimum atomic E-state index is -0.906. The van der Waals surface area contributed by atoms with Crippen LogP contribution in [0.4, 0.5) is 0 Å². The predicted molar refractivity (Wildman–Crippen MR) is 183 cm³/mol. The van der Waals surface area contributed by atoms with Gasteiger partial charge in [-0.1, -0.05) is 109 Å². The lowest BCUT2D eigenvalue weighted by Crippen LogP contribution is -2.54. The normalized spacial score (nSPS) is 18.0. The molecule has 0 aliphatic carbocycles. The fraction of sp³-hybridized carbons (Fsp3) is 0.231. The molecule has 0 radical (unpaired) electrons. The van der Waals surface area contributed by atoms with Gasteiger partial charge >= 0.3 is 0 Å². The quantitative estimate of drug-likeness (QED) is 0.233. The number of nitrogens with zero attached hydrogens (tertiary/aromatic N) is 2. The van der Waals surface area contributed by atoms with Crippen molar-refractivity contribution in [2.45, 2.75) is 43.8 Å². The third kappa shape index (κ3) is 5.97. The van der Waals surface area contributed by atoms with Crippen LogP contribution in [0.5, 0.6) is 0 Å². The number of ketones is 1. The Balaban J connectivity index is 1.17. The molecule has 7 rings (SSSR count). The van der Waals surface area contributed by atoms with Gasteiger partial charge in [-0.05, 0) is 36.1 Å².